The predicted molar refractivity (Wildman–Crippen MR) is 81.7 cm³/mol. The van der Waals surface area contributed by atoms with Gasteiger partial charge in [-0.05, 0) is 28.9 Å². The van der Waals surface area contributed by atoms with E-state index in [4.69, 9.17) is 4.74 Å². The van der Waals surface area contributed by atoms with Crippen molar-refractivity contribution in [2.45, 2.75) is 53.1 Å². The molecule has 1 aliphatic rings. The van der Waals surface area contributed by atoms with Gasteiger partial charge in [0.1, 0.15) is 5.78 Å². The van der Waals surface area contributed by atoms with Gasteiger partial charge in [-0.25, -0.2) is 0 Å². The maximum absolute atomic E-state index is 12.3. The van der Waals surface area contributed by atoms with Gasteiger partial charge in [0.15, 0.2) is 0 Å². The lowest BCUT2D eigenvalue weighted by Crippen LogP contribution is -2.23. The highest BCUT2D eigenvalue weighted by atomic mass is 16.5. The van der Waals surface area contributed by atoms with Crippen molar-refractivity contribution in [3.05, 3.63) is 35.4 Å². The van der Waals surface area contributed by atoms with E-state index in [1.807, 2.05) is 6.07 Å². The minimum atomic E-state index is -0.0420. The van der Waals surface area contributed by atoms with Crippen molar-refractivity contribution in [3.63, 3.8) is 0 Å². The summed E-state index contributed by atoms with van der Waals surface area (Å²) in [4.78, 5) is 12.3. The molecule has 0 amide bonds. The topological polar surface area (TPSA) is 26.3 Å². The summed E-state index contributed by atoms with van der Waals surface area (Å²) in [5.74, 6) is 0.711. The third-order valence-corrected chi connectivity index (χ3v) is 4.52. The Balaban J connectivity index is 1.99. The zero-order chi connectivity index (χ0) is 14.8. The summed E-state index contributed by atoms with van der Waals surface area (Å²) in [6.07, 6.45) is 2.07. The first kappa shape index (κ1) is 15.2. The number of hydrogen-bond acceptors (Lipinski definition) is 2. The summed E-state index contributed by atoms with van der Waals surface area (Å²) >= 11 is 0. The maximum atomic E-state index is 12.3. The largest absolute Gasteiger partial charge is 0.373 e. The van der Waals surface area contributed by atoms with Crippen LogP contribution in [0.15, 0.2) is 24.3 Å². The standard InChI is InChI=1S/C18H26O2/c1-13(18(2,3)4)11-15(19)12-17-16-8-6-5-7-14(16)9-10-20-17/h5-8,13,17H,9-12H2,1-4H3. The van der Waals surface area contributed by atoms with Gasteiger partial charge in [-0.15, -0.1) is 0 Å². The predicted octanol–water partition coefficient (Wildman–Crippen LogP) is 4.33. The first-order chi connectivity index (χ1) is 9.38. The van der Waals surface area contributed by atoms with E-state index >= 15 is 0 Å². The molecule has 0 aliphatic carbocycles. The molecule has 0 bridgehead atoms. The Morgan fingerprint density at radius 3 is 2.75 bits per heavy atom. The summed E-state index contributed by atoms with van der Waals surface area (Å²) in [5.41, 5.74) is 2.72. The third-order valence-electron chi connectivity index (χ3n) is 4.52. The molecule has 1 aromatic rings. The molecule has 2 unspecified atom stereocenters. The van der Waals surface area contributed by atoms with E-state index in [2.05, 4.69) is 45.9 Å². The number of ketones is 1. The fourth-order valence-corrected chi connectivity index (χ4v) is 2.58. The second-order valence-corrected chi connectivity index (χ2v) is 7.02. The van der Waals surface area contributed by atoms with E-state index in [-0.39, 0.29) is 11.5 Å². The van der Waals surface area contributed by atoms with Crippen molar-refractivity contribution in [1.29, 1.82) is 0 Å². The van der Waals surface area contributed by atoms with E-state index in [1.165, 1.54) is 11.1 Å². The number of benzene rings is 1. The highest BCUT2D eigenvalue weighted by molar-refractivity contribution is 5.79. The lowest BCUT2D eigenvalue weighted by Gasteiger charge is -2.29. The van der Waals surface area contributed by atoms with Crippen LogP contribution >= 0.6 is 0 Å². The number of Topliss-reactive ketones (excluding diaryl/α,β-unsaturated/α-hetero) is 1. The van der Waals surface area contributed by atoms with Gasteiger partial charge in [-0.3, -0.25) is 4.79 Å². The molecular formula is C18H26O2. The summed E-state index contributed by atoms with van der Waals surface area (Å²) in [5, 5.41) is 0. The number of rotatable bonds is 4. The second-order valence-electron chi connectivity index (χ2n) is 7.02. The second kappa shape index (κ2) is 6.09. The van der Waals surface area contributed by atoms with Crippen molar-refractivity contribution in [3.8, 4) is 0 Å². The van der Waals surface area contributed by atoms with Gasteiger partial charge in [-0.2, -0.15) is 0 Å². The van der Waals surface area contributed by atoms with E-state index in [9.17, 15) is 4.79 Å². The van der Waals surface area contributed by atoms with E-state index in [0.29, 0.717) is 24.5 Å². The zero-order valence-corrected chi connectivity index (χ0v) is 13.1. The number of fused-ring (bicyclic) bond motifs is 1. The molecule has 0 fully saturated rings. The average molecular weight is 274 g/mol. The molecule has 1 aliphatic heterocycles. The zero-order valence-electron chi connectivity index (χ0n) is 13.1. The monoisotopic (exact) mass is 274 g/mol. The van der Waals surface area contributed by atoms with Crippen LogP contribution < -0.4 is 0 Å². The van der Waals surface area contributed by atoms with E-state index in [1.54, 1.807) is 0 Å². The third kappa shape index (κ3) is 3.69. The van der Waals surface area contributed by atoms with Crippen LogP contribution in [0.25, 0.3) is 0 Å². The van der Waals surface area contributed by atoms with Gasteiger partial charge in [0.25, 0.3) is 0 Å². The molecule has 20 heavy (non-hydrogen) atoms. The molecule has 0 radical (unpaired) electrons. The highest BCUT2D eigenvalue weighted by Crippen LogP contribution is 2.33. The average Bonchev–Trinajstić information content (AvgIpc) is 2.38. The minimum absolute atomic E-state index is 0.0420. The van der Waals surface area contributed by atoms with Crippen LogP contribution in [0.4, 0.5) is 0 Å². The molecule has 2 rings (SSSR count). The summed E-state index contributed by atoms with van der Waals surface area (Å²) < 4.78 is 5.82. The van der Waals surface area contributed by atoms with Crippen LogP contribution in [0.3, 0.4) is 0 Å². The number of hydrogen-bond donors (Lipinski definition) is 0. The van der Waals surface area contributed by atoms with Crippen LogP contribution in [0.2, 0.25) is 0 Å². The van der Waals surface area contributed by atoms with Crippen molar-refractivity contribution in [2.75, 3.05) is 6.61 Å². The molecule has 2 atom stereocenters. The van der Waals surface area contributed by atoms with Crippen molar-refractivity contribution < 1.29 is 9.53 Å². The molecule has 1 aromatic carbocycles. The van der Waals surface area contributed by atoms with E-state index < -0.39 is 0 Å². The number of ether oxygens (including phenoxy) is 1. The van der Waals surface area contributed by atoms with Crippen LogP contribution in [0.1, 0.15) is 57.8 Å². The van der Waals surface area contributed by atoms with Crippen molar-refractivity contribution in [2.24, 2.45) is 11.3 Å². The molecule has 1 heterocycles. The van der Waals surface area contributed by atoms with Crippen molar-refractivity contribution in [1.82, 2.24) is 0 Å². The summed E-state index contributed by atoms with van der Waals surface area (Å²) in [6.45, 7) is 9.46. The van der Waals surface area contributed by atoms with Crippen LogP contribution in [-0.2, 0) is 16.0 Å². The van der Waals surface area contributed by atoms with Crippen LogP contribution in [-0.4, -0.2) is 12.4 Å². The first-order valence-corrected chi connectivity index (χ1v) is 7.59. The van der Waals surface area contributed by atoms with E-state index in [0.717, 1.165) is 13.0 Å². The fraction of sp³-hybridized carbons (Fsp3) is 0.611. The number of carbonyl (C=O) groups is 1. The Kier molecular flexibility index (Phi) is 4.64. The molecule has 2 nitrogen and oxygen atoms in total. The summed E-state index contributed by atoms with van der Waals surface area (Å²) in [7, 11) is 0. The van der Waals surface area contributed by atoms with Gasteiger partial charge in [0.2, 0.25) is 0 Å². The molecule has 0 saturated carbocycles. The number of carbonyl (C=O) groups excluding carboxylic acids is 1. The molecule has 0 spiro atoms. The minimum Gasteiger partial charge on any atom is -0.373 e. The Labute approximate surface area is 122 Å². The normalized spacial score (nSPS) is 20.3. The molecular weight excluding hydrogens is 248 g/mol. The Hall–Kier alpha value is -1.15. The molecule has 110 valence electrons. The highest BCUT2D eigenvalue weighted by Gasteiger charge is 2.26. The van der Waals surface area contributed by atoms with Crippen molar-refractivity contribution >= 4 is 5.78 Å². The first-order valence-electron chi connectivity index (χ1n) is 7.59. The lowest BCUT2D eigenvalue weighted by atomic mass is 9.78. The fourth-order valence-electron chi connectivity index (χ4n) is 2.58. The summed E-state index contributed by atoms with van der Waals surface area (Å²) in [6, 6.07) is 8.33. The maximum Gasteiger partial charge on any atom is 0.136 e. The van der Waals surface area contributed by atoms with Crippen LogP contribution in [0, 0.1) is 11.3 Å². The van der Waals surface area contributed by atoms with Gasteiger partial charge >= 0.3 is 0 Å². The molecule has 2 heteroatoms. The van der Waals surface area contributed by atoms with Gasteiger partial charge in [-0.1, -0.05) is 52.0 Å². The molecule has 0 aromatic heterocycles. The SMILES string of the molecule is CC(CC(=O)CC1OCCc2ccccc21)C(C)(C)C. The lowest BCUT2D eigenvalue weighted by molar-refractivity contribution is -0.123. The molecule has 0 N–H and O–H groups in total. The van der Waals surface area contributed by atoms with Gasteiger partial charge in [0, 0.05) is 12.8 Å². The van der Waals surface area contributed by atoms with Gasteiger partial charge < -0.3 is 4.74 Å². The Morgan fingerprint density at radius 2 is 2.05 bits per heavy atom. The van der Waals surface area contributed by atoms with Gasteiger partial charge in [0.05, 0.1) is 12.7 Å². The van der Waals surface area contributed by atoms with Crippen LogP contribution in [0.5, 0.6) is 0 Å². The Bertz CT molecular complexity index is 471. The Morgan fingerprint density at radius 1 is 1.35 bits per heavy atom. The molecule has 0 saturated heterocycles. The smallest absolute Gasteiger partial charge is 0.136 e. The quantitative estimate of drug-likeness (QED) is 0.816.